The SMILES string of the molecule is COc1ccc2cc(C(=O)N3CCCCC3)[nH]c2c1. The van der Waals surface area contributed by atoms with Crippen molar-refractivity contribution in [1.82, 2.24) is 9.88 Å². The van der Waals surface area contributed by atoms with Gasteiger partial charge in [-0.3, -0.25) is 4.79 Å². The molecule has 0 bridgehead atoms. The fourth-order valence-electron chi connectivity index (χ4n) is 2.62. The van der Waals surface area contributed by atoms with E-state index in [0.29, 0.717) is 5.69 Å². The Morgan fingerprint density at radius 2 is 2.00 bits per heavy atom. The average Bonchev–Trinajstić information content (AvgIpc) is 2.90. The Labute approximate surface area is 112 Å². The molecular formula is C15H18N2O2. The van der Waals surface area contributed by atoms with Gasteiger partial charge in [0.25, 0.3) is 5.91 Å². The molecule has 19 heavy (non-hydrogen) atoms. The monoisotopic (exact) mass is 258 g/mol. The maximum atomic E-state index is 12.4. The highest BCUT2D eigenvalue weighted by Gasteiger charge is 2.19. The molecule has 1 aromatic carbocycles. The molecule has 1 N–H and O–H groups in total. The number of hydrogen-bond donors (Lipinski definition) is 1. The van der Waals surface area contributed by atoms with Crippen LogP contribution in [-0.4, -0.2) is 36.0 Å². The van der Waals surface area contributed by atoms with Crippen LogP contribution in [0.2, 0.25) is 0 Å². The van der Waals surface area contributed by atoms with Gasteiger partial charge in [-0.05, 0) is 37.5 Å². The molecule has 4 heteroatoms. The number of H-pyrrole nitrogens is 1. The van der Waals surface area contributed by atoms with Crippen LogP contribution in [-0.2, 0) is 0 Å². The standard InChI is InChI=1S/C15H18N2O2/c1-19-12-6-5-11-9-14(16-13(11)10-12)15(18)17-7-3-2-4-8-17/h5-6,9-10,16H,2-4,7-8H2,1H3. The Bertz CT molecular complexity index is 597. The van der Waals surface area contributed by atoms with E-state index in [-0.39, 0.29) is 5.91 Å². The predicted octanol–water partition coefficient (Wildman–Crippen LogP) is 2.80. The number of piperidine rings is 1. The average molecular weight is 258 g/mol. The van der Waals surface area contributed by atoms with Crippen LogP contribution in [0, 0.1) is 0 Å². The van der Waals surface area contributed by atoms with Crippen LogP contribution in [0.4, 0.5) is 0 Å². The number of methoxy groups -OCH3 is 1. The third kappa shape index (κ3) is 2.30. The van der Waals surface area contributed by atoms with Crippen LogP contribution in [0.3, 0.4) is 0 Å². The molecule has 1 aliphatic heterocycles. The van der Waals surface area contributed by atoms with Crippen molar-refractivity contribution in [3.05, 3.63) is 30.0 Å². The van der Waals surface area contributed by atoms with E-state index in [2.05, 4.69) is 4.98 Å². The molecule has 100 valence electrons. The van der Waals surface area contributed by atoms with Gasteiger partial charge in [0.1, 0.15) is 11.4 Å². The van der Waals surface area contributed by atoms with E-state index < -0.39 is 0 Å². The Morgan fingerprint density at radius 1 is 1.21 bits per heavy atom. The smallest absolute Gasteiger partial charge is 0.270 e. The number of aromatic nitrogens is 1. The van der Waals surface area contributed by atoms with E-state index >= 15 is 0 Å². The van der Waals surface area contributed by atoms with E-state index in [1.165, 1.54) is 6.42 Å². The lowest BCUT2D eigenvalue weighted by Gasteiger charge is -2.26. The quantitative estimate of drug-likeness (QED) is 0.900. The summed E-state index contributed by atoms with van der Waals surface area (Å²) in [5.74, 6) is 0.904. The number of ether oxygens (including phenoxy) is 1. The lowest BCUT2D eigenvalue weighted by molar-refractivity contribution is 0.0719. The van der Waals surface area contributed by atoms with Crippen LogP contribution >= 0.6 is 0 Å². The molecule has 1 aliphatic rings. The van der Waals surface area contributed by atoms with Gasteiger partial charge in [0.05, 0.1) is 7.11 Å². The molecule has 0 spiro atoms. The molecule has 0 aliphatic carbocycles. The lowest BCUT2D eigenvalue weighted by atomic mass is 10.1. The summed E-state index contributed by atoms with van der Waals surface area (Å²) in [4.78, 5) is 17.5. The van der Waals surface area contributed by atoms with E-state index in [4.69, 9.17) is 4.74 Å². The number of hydrogen-bond acceptors (Lipinski definition) is 2. The minimum atomic E-state index is 0.106. The number of carbonyl (C=O) groups is 1. The van der Waals surface area contributed by atoms with Crippen molar-refractivity contribution in [2.45, 2.75) is 19.3 Å². The Morgan fingerprint density at radius 3 is 2.74 bits per heavy atom. The first-order chi connectivity index (χ1) is 9.28. The lowest BCUT2D eigenvalue weighted by Crippen LogP contribution is -2.35. The number of fused-ring (bicyclic) bond motifs is 1. The van der Waals surface area contributed by atoms with Gasteiger partial charge in [-0.25, -0.2) is 0 Å². The third-order valence-corrected chi connectivity index (χ3v) is 3.70. The van der Waals surface area contributed by atoms with Gasteiger partial charge in [-0.1, -0.05) is 0 Å². The summed E-state index contributed by atoms with van der Waals surface area (Å²) < 4.78 is 5.19. The first kappa shape index (κ1) is 12.1. The highest BCUT2D eigenvalue weighted by atomic mass is 16.5. The van der Waals surface area contributed by atoms with Crippen LogP contribution in [0.1, 0.15) is 29.8 Å². The van der Waals surface area contributed by atoms with E-state index in [1.807, 2.05) is 29.2 Å². The molecule has 3 rings (SSSR count). The second-order valence-corrected chi connectivity index (χ2v) is 4.99. The normalized spacial score (nSPS) is 15.7. The van der Waals surface area contributed by atoms with Crippen LogP contribution in [0.25, 0.3) is 10.9 Å². The van der Waals surface area contributed by atoms with Crippen LogP contribution in [0.5, 0.6) is 5.75 Å². The van der Waals surface area contributed by atoms with E-state index in [9.17, 15) is 4.79 Å². The van der Waals surface area contributed by atoms with Gasteiger partial charge in [-0.2, -0.15) is 0 Å². The third-order valence-electron chi connectivity index (χ3n) is 3.70. The van der Waals surface area contributed by atoms with Crippen LogP contribution in [0.15, 0.2) is 24.3 Å². The summed E-state index contributed by atoms with van der Waals surface area (Å²) in [6, 6.07) is 7.72. The number of rotatable bonds is 2. The van der Waals surface area contributed by atoms with Gasteiger partial charge in [-0.15, -0.1) is 0 Å². The van der Waals surface area contributed by atoms with Gasteiger partial charge in [0.15, 0.2) is 0 Å². The van der Waals surface area contributed by atoms with Crippen molar-refractivity contribution < 1.29 is 9.53 Å². The van der Waals surface area contributed by atoms with Crippen molar-refractivity contribution >= 4 is 16.8 Å². The Hall–Kier alpha value is -1.97. The zero-order valence-corrected chi connectivity index (χ0v) is 11.1. The first-order valence-electron chi connectivity index (χ1n) is 6.74. The van der Waals surface area contributed by atoms with Gasteiger partial charge < -0.3 is 14.6 Å². The largest absolute Gasteiger partial charge is 0.497 e. The molecule has 0 atom stereocenters. The number of nitrogens with one attached hydrogen (secondary N) is 1. The summed E-state index contributed by atoms with van der Waals surface area (Å²) in [5.41, 5.74) is 1.62. The molecule has 2 heterocycles. The Kier molecular flexibility index (Phi) is 3.15. The first-order valence-corrected chi connectivity index (χ1v) is 6.74. The molecule has 0 unspecified atom stereocenters. The maximum absolute atomic E-state index is 12.4. The minimum absolute atomic E-state index is 0.106. The highest BCUT2D eigenvalue weighted by Crippen LogP contribution is 2.22. The second-order valence-electron chi connectivity index (χ2n) is 4.99. The van der Waals surface area contributed by atoms with Crippen molar-refractivity contribution in [1.29, 1.82) is 0 Å². The van der Waals surface area contributed by atoms with Gasteiger partial charge in [0, 0.05) is 30.1 Å². The number of likely N-dealkylation sites (tertiary alicyclic amines) is 1. The van der Waals surface area contributed by atoms with E-state index in [0.717, 1.165) is 42.6 Å². The van der Waals surface area contributed by atoms with Crippen molar-refractivity contribution in [3.63, 3.8) is 0 Å². The zero-order valence-electron chi connectivity index (χ0n) is 11.1. The van der Waals surface area contributed by atoms with E-state index in [1.54, 1.807) is 7.11 Å². The van der Waals surface area contributed by atoms with Gasteiger partial charge >= 0.3 is 0 Å². The Balaban J connectivity index is 1.89. The molecule has 2 aromatic rings. The molecule has 1 fully saturated rings. The molecule has 1 aromatic heterocycles. The molecule has 0 saturated carbocycles. The number of nitrogens with zero attached hydrogens (tertiary/aromatic N) is 1. The summed E-state index contributed by atoms with van der Waals surface area (Å²) in [6.07, 6.45) is 3.45. The molecule has 1 saturated heterocycles. The van der Waals surface area contributed by atoms with Crippen molar-refractivity contribution in [2.24, 2.45) is 0 Å². The van der Waals surface area contributed by atoms with Gasteiger partial charge in [0.2, 0.25) is 0 Å². The summed E-state index contributed by atoms with van der Waals surface area (Å²) in [6.45, 7) is 1.75. The molecule has 1 amide bonds. The van der Waals surface area contributed by atoms with Crippen molar-refractivity contribution in [3.8, 4) is 5.75 Å². The summed E-state index contributed by atoms with van der Waals surface area (Å²) >= 11 is 0. The highest BCUT2D eigenvalue weighted by molar-refractivity contribution is 5.98. The minimum Gasteiger partial charge on any atom is -0.497 e. The molecule has 4 nitrogen and oxygen atoms in total. The fourth-order valence-corrected chi connectivity index (χ4v) is 2.62. The number of carbonyl (C=O) groups excluding carboxylic acids is 1. The number of benzene rings is 1. The van der Waals surface area contributed by atoms with Crippen LogP contribution < -0.4 is 4.74 Å². The predicted molar refractivity (Wildman–Crippen MR) is 74.6 cm³/mol. The van der Waals surface area contributed by atoms with Crippen molar-refractivity contribution in [2.75, 3.05) is 20.2 Å². The molecular weight excluding hydrogens is 240 g/mol. The maximum Gasteiger partial charge on any atom is 0.270 e. The summed E-state index contributed by atoms with van der Waals surface area (Å²) in [5, 5.41) is 1.04. The molecule has 0 radical (unpaired) electrons. The number of aromatic amines is 1. The number of amides is 1. The fraction of sp³-hybridized carbons (Fsp3) is 0.400. The topological polar surface area (TPSA) is 45.3 Å². The second kappa shape index (κ2) is 4.96. The summed E-state index contributed by atoms with van der Waals surface area (Å²) in [7, 11) is 1.64. The zero-order chi connectivity index (χ0) is 13.2.